The molecule has 1 saturated carbocycles. The van der Waals surface area contributed by atoms with Gasteiger partial charge in [-0.3, -0.25) is 0 Å². The molecule has 2 rings (SSSR count). The minimum absolute atomic E-state index is 0.283. The molecule has 0 amide bonds. The molecule has 0 saturated heterocycles. The van der Waals surface area contributed by atoms with Crippen molar-refractivity contribution in [2.45, 2.75) is 56.7 Å². The number of aliphatic hydroxyl groups is 1. The first-order valence-corrected chi connectivity index (χ1v) is 8.03. The quantitative estimate of drug-likeness (QED) is 0.828. The zero-order valence-corrected chi connectivity index (χ0v) is 13.5. The van der Waals surface area contributed by atoms with Crippen molar-refractivity contribution in [1.29, 1.82) is 0 Å². The minimum atomic E-state index is -0.598. The van der Waals surface area contributed by atoms with Crippen LogP contribution < -0.4 is 0 Å². The zero-order valence-electron chi connectivity index (χ0n) is 11.9. The predicted octanol–water partition coefficient (Wildman–Crippen LogP) is 4.23. The van der Waals surface area contributed by atoms with Gasteiger partial charge in [-0.05, 0) is 36.6 Å². The van der Waals surface area contributed by atoms with Crippen molar-refractivity contribution in [3.05, 3.63) is 34.1 Å². The average Bonchev–Trinajstić information content (AvgIpc) is 2.63. The van der Waals surface area contributed by atoms with Crippen LogP contribution in [0.15, 0.2) is 22.7 Å². The Morgan fingerprint density at radius 2 is 1.90 bits per heavy atom. The molecule has 0 bridgehead atoms. The molecule has 0 aliphatic heterocycles. The highest BCUT2D eigenvalue weighted by Crippen LogP contribution is 2.34. The van der Waals surface area contributed by atoms with Crippen LogP contribution in [0.5, 0.6) is 0 Å². The van der Waals surface area contributed by atoms with Crippen molar-refractivity contribution in [3.63, 3.8) is 0 Å². The molecule has 1 N–H and O–H groups in total. The molecule has 20 heavy (non-hydrogen) atoms. The normalized spacial score (nSPS) is 20.4. The summed E-state index contributed by atoms with van der Waals surface area (Å²) in [5.74, 6) is -0.283. The molecule has 1 unspecified atom stereocenters. The first kappa shape index (κ1) is 15.9. The molecule has 1 fully saturated rings. The van der Waals surface area contributed by atoms with Gasteiger partial charge in [0.1, 0.15) is 5.82 Å². The standard InChI is InChI=1S/C16H22BrFO2/c1-20-16(6-4-2-3-5-7-16)15(19)10-12-8-13(17)11-14(18)9-12/h8-9,11,15,19H,2-7,10H2,1H3. The van der Waals surface area contributed by atoms with Crippen LogP contribution in [0.1, 0.15) is 44.1 Å². The molecule has 0 radical (unpaired) electrons. The van der Waals surface area contributed by atoms with E-state index in [2.05, 4.69) is 15.9 Å². The van der Waals surface area contributed by atoms with Crippen molar-refractivity contribution in [2.24, 2.45) is 0 Å². The Hall–Kier alpha value is -0.450. The number of rotatable bonds is 4. The van der Waals surface area contributed by atoms with Crippen LogP contribution in [0, 0.1) is 5.82 Å². The smallest absolute Gasteiger partial charge is 0.124 e. The number of hydrogen-bond donors (Lipinski definition) is 1. The SMILES string of the molecule is COC1(C(O)Cc2cc(F)cc(Br)c2)CCCCCC1. The summed E-state index contributed by atoms with van der Waals surface area (Å²) in [7, 11) is 1.68. The van der Waals surface area contributed by atoms with Gasteiger partial charge in [0, 0.05) is 18.0 Å². The molecule has 1 aromatic rings. The average molecular weight is 345 g/mol. The van der Waals surface area contributed by atoms with Crippen molar-refractivity contribution in [2.75, 3.05) is 7.11 Å². The molecule has 112 valence electrons. The Balaban J connectivity index is 2.13. The van der Waals surface area contributed by atoms with Gasteiger partial charge in [0.05, 0.1) is 11.7 Å². The van der Waals surface area contributed by atoms with Crippen LogP contribution in [0.4, 0.5) is 4.39 Å². The third-order valence-electron chi connectivity index (χ3n) is 4.32. The van der Waals surface area contributed by atoms with Gasteiger partial charge >= 0.3 is 0 Å². The van der Waals surface area contributed by atoms with E-state index in [0.29, 0.717) is 10.9 Å². The molecule has 1 atom stereocenters. The van der Waals surface area contributed by atoms with Crippen molar-refractivity contribution in [1.82, 2.24) is 0 Å². The summed E-state index contributed by atoms with van der Waals surface area (Å²) in [6.07, 6.45) is 6.13. The summed E-state index contributed by atoms with van der Waals surface area (Å²) in [5, 5.41) is 10.6. The van der Waals surface area contributed by atoms with E-state index in [0.717, 1.165) is 31.2 Å². The maximum atomic E-state index is 13.4. The van der Waals surface area contributed by atoms with Crippen LogP contribution in [0.2, 0.25) is 0 Å². The number of aliphatic hydroxyl groups excluding tert-OH is 1. The Morgan fingerprint density at radius 3 is 2.45 bits per heavy atom. The number of benzene rings is 1. The molecule has 0 heterocycles. The van der Waals surface area contributed by atoms with E-state index in [1.807, 2.05) is 6.07 Å². The topological polar surface area (TPSA) is 29.5 Å². The van der Waals surface area contributed by atoms with Gasteiger partial charge in [-0.1, -0.05) is 41.6 Å². The molecular formula is C16H22BrFO2. The zero-order chi connectivity index (χ0) is 14.6. The summed E-state index contributed by atoms with van der Waals surface area (Å²) >= 11 is 3.29. The summed E-state index contributed by atoms with van der Waals surface area (Å²) in [6.45, 7) is 0. The monoisotopic (exact) mass is 344 g/mol. The van der Waals surface area contributed by atoms with Gasteiger partial charge in [-0.15, -0.1) is 0 Å². The fraction of sp³-hybridized carbons (Fsp3) is 0.625. The summed E-state index contributed by atoms with van der Waals surface area (Å²) in [4.78, 5) is 0. The Labute approximate surface area is 128 Å². The second-order valence-corrected chi connectivity index (χ2v) is 6.60. The van der Waals surface area contributed by atoms with Crippen LogP contribution in [0.3, 0.4) is 0 Å². The highest BCUT2D eigenvalue weighted by Gasteiger charge is 2.38. The van der Waals surface area contributed by atoms with E-state index in [1.54, 1.807) is 7.11 Å². The van der Waals surface area contributed by atoms with E-state index in [9.17, 15) is 9.50 Å². The number of ether oxygens (including phenoxy) is 1. The lowest BCUT2D eigenvalue weighted by molar-refractivity contribution is -0.111. The van der Waals surface area contributed by atoms with Gasteiger partial charge in [0.15, 0.2) is 0 Å². The molecule has 0 aromatic heterocycles. The third-order valence-corrected chi connectivity index (χ3v) is 4.77. The largest absolute Gasteiger partial charge is 0.390 e. The van der Waals surface area contributed by atoms with Gasteiger partial charge in [-0.25, -0.2) is 4.39 Å². The first-order valence-electron chi connectivity index (χ1n) is 7.24. The Bertz CT molecular complexity index is 422. The van der Waals surface area contributed by atoms with Crippen LogP contribution in [0.25, 0.3) is 0 Å². The molecule has 0 spiro atoms. The van der Waals surface area contributed by atoms with Crippen molar-refractivity contribution in [3.8, 4) is 0 Å². The van der Waals surface area contributed by atoms with E-state index in [-0.39, 0.29) is 5.82 Å². The van der Waals surface area contributed by atoms with Crippen molar-refractivity contribution < 1.29 is 14.2 Å². The van der Waals surface area contributed by atoms with E-state index in [1.165, 1.54) is 25.0 Å². The van der Waals surface area contributed by atoms with Crippen LogP contribution >= 0.6 is 15.9 Å². The van der Waals surface area contributed by atoms with Crippen molar-refractivity contribution >= 4 is 15.9 Å². The number of hydrogen-bond acceptors (Lipinski definition) is 2. The Morgan fingerprint density at radius 1 is 1.25 bits per heavy atom. The van der Waals surface area contributed by atoms with Gasteiger partial charge in [0.2, 0.25) is 0 Å². The maximum Gasteiger partial charge on any atom is 0.124 e. The Kier molecular flexibility index (Phi) is 5.58. The fourth-order valence-electron chi connectivity index (χ4n) is 3.14. The molecule has 2 nitrogen and oxygen atoms in total. The van der Waals surface area contributed by atoms with Gasteiger partial charge in [0.25, 0.3) is 0 Å². The number of methoxy groups -OCH3 is 1. The minimum Gasteiger partial charge on any atom is -0.390 e. The van der Waals surface area contributed by atoms with Crippen LogP contribution in [-0.4, -0.2) is 23.9 Å². The lowest BCUT2D eigenvalue weighted by Crippen LogP contribution is -2.45. The highest BCUT2D eigenvalue weighted by molar-refractivity contribution is 9.10. The van der Waals surface area contributed by atoms with Gasteiger partial charge < -0.3 is 9.84 Å². The molecule has 1 aliphatic rings. The van der Waals surface area contributed by atoms with Crippen LogP contribution in [-0.2, 0) is 11.2 Å². The van der Waals surface area contributed by atoms with E-state index < -0.39 is 11.7 Å². The first-order chi connectivity index (χ1) is 9.55. The molecule has 4 heteroatoms. The molecule has 1 aliphatic carbocycles. The second kappa shape index (κ2) is 7.01. The van der Waals surface area contributed by atoms with Gasteiger partial charge in [-0.2, -0.15) is 0 Å². The lowest BCUT2D eigenvalue weighted by Gasteiger charge is -2.36. The number of halogens is 2. The summed E-state index contributed by atoms with van der Waals surface area (Å²) in [6, 6.07) is 4.76. The summed E-state index contributed by atoms with van der Waals surface area (Å²) < 4.78 is 19.8. The highest BCUT2D eigenvalue weighted by atomic mass is 79.9. The molecule has 1 aromatic carbocycles. The van der Waals surface area contributed by atoms with E-state index in [4.69, 9.17) is 4.74 Å². The van der Waals surface area contributed by atoms with E-state index >= 15 is 0 Å². The second-order valence-electron chi connectivity index (χ2n) is 5.68. The summed E-state index contributed by atoms with van der Waals surface area (Å²) in [5.41, 5.74) is 0.319. The molecular weight excluding hydrogens is 323 g/mol. The predicted molar refractivity (Wildman–Crippen MR) is 81.3 cm³/mol. The maximum absolute atomic E-state index is 13.4. The lowest BCUT2D eigenvalue weighted by atomic mass is 9.85. The third kappa shape index (κ3) is 3.80. The fourth-order valence-corrected chi connectivity index (χ4v) is 3.65.